The fourth-order valence-electron chi connectivity index (χ4n) is 3.59. The minimum atomic E-state index is -0.832. The number of carbonyl (C=O) groups excluding carboxylic acids is 1. The van der Waals surface area contributed by atoms with Crippen LogP contribution in [0.2, 0.25) is 0 Å². The van der Waals surface area contributed by atoms with Crippen LogP contribution in [-0.4, -0.2) is 82.1 Å². The Morgan fingerprint density at radius 2 is 1.80 bits per heavy atom. The monoisotopic (exact) mass is 347 g/mol. The van der Waals surface area contributed by atoms with Gasteiger partial charge in [0.05, 0.1) is 13.0 Å². The van der Waals surface area contributed by atoms with Crippen LogP contribution in [0.4, 0.5) is 5.95 Å². The molecule has 0 bridgehead atoms. The summed E-state index contributed by atoms with van der Waals surface area (Å²) in [4.78, 5) is 38.3. The molecule has 2 fully saturated rings. The van der Waals surface area contributed by atoms with Crippen LogP contribution in [0.1, 0.15) is 25.7 Å². The van der Waals surface area contributed by atoms with Crippen LogP contribution in [0.25, 0.3) is 0 Å². The average molecular weight is 347 g/mol. The Balaban J connectivity index is 1.51. The number of anilines is 1. The van der Waals surface area contributed by atoms with Crippen molar-refractivity contribution in [1.29, 1.82) is 0 Å². The van der Waals surface area contributed by atoms with Gasteiger partial charge < -0.3 is 14.9 Å². The highest BCUT2D eigenvalue weighted by Gasteiger charge is 2.30. The number of piperazine rings is 1. The van der Waals surface area contributed by atoms with Crippen LogP contribution >= 0.6 is 0 Å². The normalized spacial score (nSPS) is 22.0. The van der Waals surface area contributed by atoms with Gasteiger partial charge in [-0.05, 0) is 25.3 Å². The van der Waals surface area contributed by atoms with Crippen LogP contribution in [0, 0.1) is 0 Å². The van der Waals surface area contributed by atoms with Gasteiger partial charge in [0.25, 0.3) is 0 Å². The fourth-order valence-corrected chi connectivity index (χ4v) is 3.59. The van der Waals surface area contributed by atoms with Crippen LogP contribution in [0.15, 0.2) is 18.5 Å². The zero-order chi connectivity index (χ0) is 17.6. The molecule has 8 nitrogen and oxygen atoms in total. The highest BCUT2D eigenvalue weighted by Crippen LogP contribution is 2.20. The highest BCUT2D eigenvalue weighted by atomic mass is 16.4. The van der Waals surface area contributed by atoms with Crippen molar-refractivity contribution in [3.8, 4) is 0 Å². The summed E-state index contributed by atoms with van der Waals surface area (Å²) in [6.07, 6.45) is 6.26. The number of aromatic nitrogens is 2. The zero-order valence-electron chi connectivity index (χ0n) is 14.4. The van der Waals surface area contributed by atoms with Gasteiger partial charge in [0.2, 0.25) is 11.9 Å². The summed E-state index contributed by atoms with van der Waals surface area (Å²) in [5.41, 5.74) is 0. The Morgan fingerprint density at radius 1 is 1.08 bits per heavy atom. The molecule has 1 aromatic heterocycles. The molecule has 2 aliphatic heterocycles. The van der Waals surface area contributed by atoms with Gasteiger partial charge in [-0.15, -0.1) is 0 Å². The third-order valence-electron chi connectivity index (χ3n) is 4.92. The number of nitrogens with zero attached hydrogens (tertiary/aromatic N) is 5. The summed E-state index contributed by atoms with van der Waals surface area (Å²) in [5, 5.41) is 9.06. The largest absolute Gasteiger partial charge is 0.481 e. The predicted octanol–water partition coefficient (Wildman–Crippen LogP) is 0.454. The standard InChI is InChI=1S/C17H25N5O3/c23-15(22-7-2-1-4-14(22)12-16(24)25)13-20-8-10-21(11-9-20)17-18-5-3-6-19-17/h3,5-6,14H,1-2,4,7-13H2,(H,24,25)/t14-/m0/s1. The topological polar surface area (TPSA) is 89.9 Å². The quantitative estimate of drug-likeness (QED) is 0.827. The molecule has 1 atom stereocenters. The summed E-state index contributed by atoms with van der Waals surface area (Å²) in [7, 11) is 0. The molecule has 0 radical (unpaired) electrons. The Kier molecular flexibility index (Phi) is 5.80. The minimum absolute atomic E-state index is 0.0465. The number of aliphatic carboxylic acids is 1. The molecule has 3 heterocycles. The van der Waals surface area contributed by atoms with Crippen LogP contribution in [0.3, 0.4) is 0 Å². The van der Waals surface area contributed by atoms with Gasteiger partial charge in [0, 0.05) is 51.2 Å². The molecule has 1 amide bonds. The van der Waals surface area contributed by atoms with E-state index >= 15 is 0 Å². The maximum atomic E-state index is 12.7. The predicted molar refractivity (Wildman–Crippen MR) is 92.3 cm³/mol. The number of carbonyl (C=O) groups is 2. The van der Waals surface area contributed by atoms with E-state index in [0.29, 0.717) is 13.1 Å². The number of carboxylic acid groups (broad SMARTS) is 1. The Morgan fingerprint density at radius 3 is 2.48 bits per heavy atom. The summed E-state index contributed by atoms with van der Waals surface area (Å²) in [5.74, 6) is -0.0532. The van der Waals surface area contributed by atoms with E-state index < -0.39 is 5.97 Å². The van der Waals surface area contributed by atoms with Crippen molar-refractivity contribution in [3.63, 3.8) is 0 Å². The van der Waals surface area contributed by atoms with E-state index in [1.54, 1.807) is 23.4 Å². The van der Waals surface area contributed by atoms with Crippen molar-refractivity contribution < 1.29 is 14.7 Å². The smallest absolute Gasteiger partial charge is 0.305 e. The van der Waals surface area contributed by atoms with E-state index in [1.807, 2.05) is 0 Å². The molecule has 8 heteroatoms. The molecule has 2 saturated heterocycles. The molecule has 0 aromatic carbocycles. The van der Waals surface area contributed by atoms with Crippen molar-refractivity contribution in [1.82, 2.24) is 19.8 Å². The average Bonchev–Trinajstić information content (AvgIpc) is 2.63. The van der Waals surface area contributed by atoms with E-state index in [9.17, 15) is 9.59 Å². The fraction of sp³-hybridized carbons (Fsp3) is 0.647. The summed E-state index contributed by atoms with van der Waals surface area (Å²) < 4.78 is 0. The lowest BCUT2D eigenvalue weighted by Gasteiger charge is -2.38. The van der Waals surface area contributed by atoms with Gasteiger partial charge in [0.1, 0.15) is 0 Å². The molecule has 1 N–H and O–H groups in total. The lowest BCUT2D eigenvalue weighted by molar-refractivity contribution is -0.142. The number of likely N-dealkylation sites (tertiary alicyclic amines) is 1. The maximum Gasteiger partial charge on any atom is 0.305 e. The molecule has 136 valence electrons. The SMILES string of the molecule is O=C(O)C[C@@H]1CCCCN1C(=O)CN1CCN(c2ncccn2)CC1. The second-order valence-electron chi connectivity index (χ2n) is 6.65. The number of carboxylic acids is 1. The molecule has 3 rings (SSSR count). The van der Waals surface area contributed by atoms with Gasteiger partial charge in [-0.1, -0.05) is 0 Å². The molecule has 25 heavy (non-hydrogen) atoms. The molecule has 0 saturated carbocycles. The van der Waals surface area contributed by atoms with Crippen molar-refractivity contribution in [2.75, 3.05) is 44.2 Å². The van der Waals surface area contributed by atoms with Gasteiger partial charge in [0.15, 0.2) is 0 Å². The Hall–Kier alpha value is -2.22. The number of amides is 1. The molecular weight excluding hydrogens is 322 g/mol. The molecule has 0 aliphatic carbocycles. The van der Waals surface area contributed by atoms with Crippen molar-refractivity contribution in [2.45, 2.75) is 31.7 Å². The lowest BCUT2D eigenvalue weighted by atomic mass is 9.99. The van der Waals surface area contributed by atoms with Crippen LogP contribution < -0.4 is 4.90 Å². The molecule has 0 unspecified atom stereocenters. The first-order chi connectivity index (χ1) is 12.1. The number of hydrogen-bond acceptors (Lipinski definition) is 6. The molecule has 1 aromatic rings. The molecular formula is C17H25N5O3. The first kappa shape index (κ1) is 17.6. The van der Waals surface area contributed by atoms with E-state index in [1.165, 1.54) is 0 Å². The molecule has 0 spiro atoms. The summed E-state index contributed by atoms with van der Waals surface area (Å²) in [6.45, 7) is 4.17. The Labute approximate surface area is 147 Å². The molecule has 2 aliphatic rings. The van der Waals surface area contributed by atoms with Gasteiger partial charge >= 0.3 is 5.97 Å². The zero-order valence-corrected chi connectivity index (χ0v) is 14.4. The summed E-state index contributed by atoms with van der Waals surface area (Å²) >= 11 is 0. The van der Waals surface area contributed by atoms with Gasteiger partial charge in [-0.3, -0.25) is 14.5 Å². The number of hydrogen-bond donors (Lipinski definition) is 1. The Bertz CT molecular complexity index is 589. The second kappa shape index (κ2) is 8.24. The van der Waals surface area contributed by atoms with Crippen molar-refractivity contribution in [3.05, 3.63) is 18.5 Å². The second-order valence-corrected chi connectivity index (χ2v) is 6.65. The first-order valence-electron chi connectivity index (χ1n) is 8.89. The van der Waals surface area contributed by atoms with Gasteiger partial charge in [-0.25, -0.2) is 9.97 Å². The van der Waals surface area contributed by atoms with Crippen molar-refractivity contribution in [2.24, 2.45) is 0 Å². The van der Waals surface area contributed by atoms with E-state index in [2.05, 4.69) is 19.8 Å². The number of rotatable bonds is 5. The van der Waals surface area contributed by atoms with Crippen molar-refractivity contribution >= 4 is 17.8 Å². The van der Waals surface area contributed by atoms with Crippen LogP contribution in [-0.2, 0) is 9.59 Å². The van der Waals surface area contributed by atoms with E-state index in [-0.39, 0.29) is 18.4 Å². The van der Waals surface area contributed by atoms with Crippen LogP contribution in [0.5, 0.6) is 0 Å². The third-order valence-corrected chi connectivity index (χ3v) is 4.92. The number of piperidine rings is 1. The minimum Gasteiger partial charge on any atom is -0.481 e. The third kappa shape index (κ3) is 4.66. The van der Waals surface area contributed by atoms with E-state index in [4.69, 9.17) is 5.11 Å². The maximum absolute atomic E-state index is 12.7. The summed E-state index contributed by atoms with van der Waals surface area (Å²) in [6, 6.07) is 1.64. The van der Waals surface area contributed by atoms with Gasteiger partial charge in [-0.2, -0.15) is 0 Å². The highest BCUT2D eigenvalue weighted by molar-refractivity contribution is 5.79. The van der Waals surface area contributed by atoms with E-state index in [0.717, 1.165) is 51.4 Å². The first-order valence-corrected chi connectivity index (χ1v) is 8.89. The lowest BCUT2D eigenvalue weighted by Crippen LogP contribution is -2.53.